The first kappa shape index (κ1) is 21.3. The highest BCUT2D eigenvalue weighted by Crippen LogP contribution is 2.13. The average Bonchev–Trinajstić information content (AvgIpc) is 2.34. The average molecular weight is 390 g/mol. The molecule has 112 valence electrons. The van der Waals surface area contributed by atoms with Gasteiger partial charge in [-0.15, -0.1) is 0 Å². The number of hydrogen-bond acceptors (Lipinski definition) is 0. The van der Waals surface area contributed by atoms with E-state index in [0.29, 0.717) is 0 Å². The summed E-state index contributed by atoms with van der Waals surface area (Å²) < 4.78 is 1.07. The fourth-order valence-corrected chi connectivity index (χ4v) is 2.49. The summed E-state index contributed by atoms with van der Waals surface area (Å²) in [5.41, 5.74) is 0. The highest BCUT2D eigenvalue weighted by atomic mass is 127. The van der Waals surface area contributed by atoms with Gasteiger partial charge in [0, 0.05) is 0 Å². The number of unbranched alkanes of at least 4 members (excludes halogenated alkanes) is 7. The number of hydrogen-bond donors (Lipinski definition) is 0. The van der Waals surface area contributed by atoms with Gasteiger partial charge >= 0.3 is 0 Å². The molecule has 0 rings (SSSR count). The molecule has 0 aliphatic rings. The van der Waals surface area contributed by atoms with E-state index < -0.39 is 0 Å². The monoisotopic (exact) mass is 389 g/mol. The van der Waals surface area contributed by atoms with E-state index in [9.17, 15) is 0 Å². The Morgan fingerprint density at radius 1 is 0.722 bits per heavy atom. The third-order valence-electron chi connectivity index (χ3n) is 3.64. The number of nitrogens with zero attached hydrogens (tertiary/aromatic N) is 1. The zero-order valence-electron chi connectivity index (χ0n) is 12.7. The van der Waals surface area contributed by atoms with Crippen LogP contribution in [0.25, 0.3) is 0 Å². The van der Waals surface area contributed by atoms with Gasteiger partial charge in [0.1, 0.15) is 0 Å². The van der Waals surface area contributed by atoms with Crippen LogP contribution in [0.5, 0.6) is 0 Å². The van der Waals surface area contributed by atoms with Crippen molar-refractivity contribution in [3.8, 4) is 0 Å². The van der Waals surface area contributed by atoms with Gasteiger partial charge in [-0.3, -0.25) is 0 Å². The predicted molar refractivity (Wildman–Crippen MR) is 79.5 cm³/mol. The van der Waals surface area contributed by atoms with Crippen molar-refractivity contribution in [2.75, 3.05) is 26.1 Å². The van der Waals surface area contributed by atoms with Crippen molar-refractivity contribution >= 4 is 11.6 Å². The second-order valence-electron chi connectivity index (χ2n) is 5.66. The molecule has 0 amide bonds. The standard InChI is InChI=1S/C15H33ClN.HI/c1-4-6-8-10-12-14-17(3,15-16)13-11-9-7-5-2;/h4-15H2,1-3H3;1H/q+1;/p-1. The SMILES string of the molecule is CCCCCCC[N+](C)(CCl)CCCCCC.[I-]. The summed E-state index contributed by atoms with van der Waals surface area (Å²) >= 11 is 6.13. The van der Waals surface area contributed by atoms with Crippen molar-refractivity contribution in [3.05, 3.63) is 0 Å². The Kier molecular flexibility index (Phi) is 17.0. The van der Waals surface area contributed by atoms with Crippen LogP contribution in [-0.2, 0) is 0 Å². The summed E-state index contributed by atoms with van der Waals surface area (Å²) in [4.78, 5) is 0. The van der Waals surface area contributed by atoms with Crippen LogP contribution in [-0.4, -0.2) is 30.6 Å². The third kappa shape index (κ3) is 12.0. The molecular formula is C15H33ClIN. The predicted octanol–water partition coefficient (Wildman–Crippen LogP) is 2.18. The Morgan fingerprint density at radius 2 is 1.11 bits per heavy atom. The normalized spacial score (nSPS) is 14.0. The van der Waals surface area contributed by atoms with Crippen LogP contribution in [0.4, 0.5) is 0 Å². The van der Waals surface area contributed by atoms with Crippen LogP contribution in [0.3, 0.4) is 0 Å². The summed E-state index contributed by atoms with van der Waals surface area (Å²) in [7, 11) is 2.32. The van der Waals surface area contributed by atoms with Gasteiger partial charge in [0.25, 0.3) is 0 Å². The van der Waals surface area contributed by atoms with Crippen LogP contribution in [0.1, 0.15) is 71.6 Å². The molecule has 0 aromatic heterocycles. The molecule has 0 saturated carbocycles. The van der Waals surface area contributed by atoms with Gasteiger partial charge in [-0.25, -0.2) is 0 Å². The molecule has 0 spiro atoms. The van der Waals surface area contributed by atoms with E-state index in [2.05, 4.69) is 20.9 Å². The van der Waals surface area contributed by atoms with Gasteiger partial charge < -0.3 is 28.5 Å². The highest BCUT2D eigenvalue weighted by molar-refractivity contribution is 6.16. The molecule has 0 N–H and O–H groups in total. The number of halogens is 2. The van der Waals surface area contributed by atoms with Crippen LogP contribution < -0.4 is 24.0 Å². The fourth-order valence-electron chi connectivity index (χ4n) is 2.25. The maximum absolute atomic E-state index is 6.13. The van der Waals surface area contributed by atoms with Crippen molar-refractivity contribution in [2.45, 2.75) is 71.6 Å². The molecule has 18 heavy (non-hydrogen) atoms. The maximum atomic E-state index is 6.13. The second-order valence-corrected chi connectivity index (χ2v) is 5.90. The Balaban J connectivity index is 0. The van der Waals surface area contributed by atoms with Crippen molar-refractivity contribution < 1.29 is 28.5 Å². The first-order valence-corrected chi connectivity index (χ1v) is 8.11. The molecule has 0 saturated heterocycles. The minimum absolute atomic E-state index is 0. The van der Waals surface area contributed by atoms with Crippen molar-refractivity contribution in [3.63, 3.8) is 0 Å². The van der Waals surface area contributed by atoms with E-state index in [-0.39, 0.29) is 24.0 Å². The second kappa shape index (κ2) is 14.4. The zero-order chi connectivity index (χ0) is 13.0. The molecule has 1 atom stereocenters. The highest BCUT2D eigenvalue weighted by Gasteiger charge is 2.18. The summed E-state index contributed by atoms with van der Waals surface area (Å²) in [6.45, 7) is 7.06. The lowest BCUT2D eigenvalue weighted by Gasteiger charge is -2.32. The summed E-state index contributed by atoms with van der Waals surface area (Å²) in [6.07, 6.45) is 12.3. The van der Waals surface area contributed by atoms with Gasteiger partial charge in [-0.05, 0) is 25.7 Å². The molecule has 0 aliphatic carbocycles. The van der Waals surface area contributed by atoms with Gasteiger partial charge in [0.05, 0.1) is 20.1 Å². The van der Waals surface area contributed by atoms with E-state index in [1.54, 1.807) is 0 Å². The smallest absolute Gasteiger partial charge is 0.154 e. The van der Waals surface area contributed by atoms with Gasteiger partial charge in [-0.1, -0.05) is 57.6 Å². The Hall–Kier alpha value is 0.980. The van der Waals surface area contributed by atoms with Crippen molar-refractivity contribution in [1.29, 1.82) is 0 Å². The molecule has 0 aromatic carbocycles. The van der Waals surface area contributed by atoms with Gasteiger partial charge in [0.15, 0.2) is 6.00 Å². The van der Waals surface area contributed by atoms with Gasteiger partial charge in [0.2, 0.25) is 0 Å². The minimum Gasteiger partial charge on any atom is -1.00 e. The van der Waals surface area contributed by atoms with Gasteiger partial charge in [-0.2, -0.15) is 0 Å². The molecule has 0 fully saturated rings. The van der Waals surface area contributed by atoms with E-state index in [1.807, 2.05) is 0 Å². The topological polar surface area (TPSA) is 0 Å². The van der Waals surface area contributed by atoms with Crippen LogP contribution >= 0.6 is 11.6 Å². The summed E-state index contributed by atoms with van der Waals surface area (Å²) in [5, 5.41) is 0. The number of quaternary nitrogens is 1. The molecular weight excluding hydrogens is 357 g/mol. The molecule has 0 aliphatic heterocycles. The molecule has 0 bridgehead atoms. The van der Waals surface area contributed by atoms with E-state index in [1.165, 1.54) is 70.9 Å². The fraction of sp³-hybridized carbons (Fsp3) is 1.00. The number of alkyl halides is 1. The molecule has 0 heterocycles. The largest absolute Gasteiger partial charge is 1.00 e. The van der Waals surface area contributed by atoms with E-state index in [0.717, 1.165) is 10.5 Å². The molecule has 1 unspecified atom stereocenters. The van der Waals surface area contributed by atoms with Crippen LogP contribution in [0, 0.1) is 0 Å². The molecule has 3 heteroatoms. The maximum Gasteiger partial charge on any atom is 0.154 e. The van der Waals surface area contributed by atoms with E-state index >= 15 is 0 Å². The third-order valence-corrected chi connectivity index (χ3v) is 4.22. The van der Waals surface area contributed by atoms with Crippen LogP contribution in [0.15, 0.2) is 0 Å². The first-order chi connectivity index (χ1) is 8.18. The number of rotatable bonds is 12. The quantitative estimate of drug-likeness (QED) is 0.158. The molecule has 0 radical (unpaired) electrons. The van der Waals surface area contributed by atoms with Crippen LogP contribution in [0.2, 0.25) is 0 Å². The summed E-state index contributed by atoms with van der Waals surface area (Å²) in [5.74, 6) is 0. The molecule has 1 nitrogen and oxygen atoms in total. The zero-order valence-corrected chi connectivity index (χ0v) is 15.6. The molecule has 0 aromatic rings. The summed E-state index contributed by atoms with van der Waals surface area (Å²) in [6, 6.07) is 0.778. The Labute approximate surface area is 137 Å². The van der Waals surface area contributed by atoms with E-state index in [4.69, 9.17) is 11.6 Å². The first-order valence-electron chi connectivity index (χ1n) is 7.58. The lowest BCUT2D eigenvalue weighted by atomic mass is 10.1. The van der Waals surface area contributed by atoms with Crippen molar-refractivity contribution in [1.82, 2.24) is 0 Å². The minimum atomic E-state index is 0. The lowest BCUT2D eigenvalue weighted by Crippen LogP contribution is -3.00. The Morgan fingerprint density at radius 3 is 1.50 bits per heavy atom. The Bertz CT molecular complexity index is 167. The lowest BCUT2D eigenvalue weighted by molar-refractivity contribution is -0.899. The van der Waals surface area contributed by atoms with Crippen molar-refractivity contribution in [2.24, 2.45) is 0 Å².